The highest BCUT2D eigenvalue weighted by molar-refractivity contribution is 6.11. The number of hydrogen-bond acceptors (Lipinski definition) is 5. The SMILES string of the molecule is CCN(CC)c1ccc(CNC(=O)CN2C(=O)c3ccccc3N3C(=O)CCC23C)cn1. The third-order valence-electron chi connectivity index (χ3n) is 6.43. The standard InChI is InChI=1S/C24H29N5O3/c1-4-27(5-2)20-11-10-17(14-25-20)15-26-21(30)16-28-23(32)18-8-6-7-9-19(18)29-22(31)12-13-24(28,29)3/h6-11,14H,4-5,12-13,15-16H2,1-3H3,(H,26,30). The lowest BCUT2D eigenvalue weighted by molar-refractivity contribution is -0.124. The summed E-state index contributed by atoms with van der Waals surface area (Å²) in [7, 11) is 0. The number of benzene rings is 1. The van der Waals surface area contributed by atoms with Gasteiger partial charge in [0, 0.05) is 32.3 Å². The van der Waals surface area contributed by atoms with Crippen LogP contribution < -0.4 is 15.1 Å². The van der Waals surface area contributed by atoms with Crippen LogP contribution in [0.1, 0.15) is 49.5 Å². The zero-order valence-electron chi connectivity index (χ0n) is 18.8. The maximum atomic E-state index is 13.2. The Hall–Kier alpha value is -3.42. The molecule has 2 aliphatic heterocycles. The molecule has 32 heavy (non-hydrogen) atoms. The minimum atomic E-state index is -0.840. The summed E-state index contributed by atoms with van der Waals surface area (Å²) in [5.41, 5.74) is 1.11. The van der Waals surface area contributed by atoms with E-state index in [0.717, 1.165) is 24.5 Å². The van der Waals surface area contributed by atoms with Crippen LogP contribution in [0.2, 0.25) is 0 Å². The van der Waals surface area contributed by atoms with Gasteiger partial charge in [0.1, 0.15) is 18.0 Å². The molecule has 2 aromatic rings. The largest absolute Gasteiger partial charge is 0.357 e. The van der Waals surface area contributed by atoms with E-state index in [0.29, 0.717) is 30.6 Å². The second-order valence-corrected chi connectivity index (χ2v) is 8.33. The summed E-state index contributed by atoms with van der Waals surface area (Å²) in [6.07, 6.45) is 2.60. The van der Waals surface area contributed by atoms with Gasteiger partial charge in [0.25, 0.3) is 5.91 Å². The van der Waals surface area contributed by atoms with Crippen LogP contribution in [0, 0.1) is 0 Å². The zero-order chi connectivity index (χ0) is 22.9. The Morgan fingerprint density at radius 3 is 2.59 bits per heavy atom. The number of pyridine rings is 1. The van der Waals surface area contributed by atoms with Gasteiger partial charge in [0.15, 0.2) is 0 Å². The number of nitrogens with zero attached hydrogens (tertiary/aromatic N) is 4. The van der Waals surface area contributed by atoms with Crippen LogP contribution in [0.4, 0.5) is 11.5 Å². The topological polar surface area (TPSA) is 85.9 Å². The van der Waals surface area contributed by atoms with Crippen molar-refractivity contribution < 1.29 is 14.4 Å². The molecule has 0 radical (unpaired) electrons. The lowest BCUT2D eigenvalue weighted by Gasteiger charge is -2.48. The Morgan fingerprint density at radius 2 is 1.91 bits per heavy atom. The zero-order valence-corrected chi connectivity index (χ0v) is 18.8. The molecule has 0 saturated carbocycles. The van der Waals surface area contributed by atoms with Gasteiger partial charge >= 0.3 is 0 Å². The van der Waals surface area contributed by atoms with Gasteiger partial charge in [-0.1, -0.05) is 18.2 Å². The van der Waals surface area contributed by atoms with Crippen molar-refractivity contribution in [2.45, 2.75) is 45.8 Å². The highest BCUT2D eigenvalue weighted by Crippen LogP contribution is 2.43. The molecule has 1 aromatic carbocycles. The van der Waals surface area contributed by atoms with Crippen molar-refractivity contribution in [2.24, 2.45) is 0 Å². The minimum absolute atomic E-state index is 0.0303. The van der Waals surface area contributed by atoms with E-state index in [1.807, 2.05) is 25.1 Å². The number of aromatic nitrogens is 1. The third kappa shape index (κ3) is 3.70. The van der Waals surface area contributed by atoms with E-state index in [4.69, 9.17) is 0 Å². The Kier molecular flexibility index (Phi) is 5.86. The molecule has 168 valence electrons. The summed E-state index contributed by atoms with van der Waals surface area (Å²) < 4.78 is 0. The number of nitrogens with one attached hydrogen (secondary N) is 1. The Morgan fingerprint density at radius 1 is 1.16 bits per heavy atom. The molecular formula is C24H29N5O3. The maximum Gasteiger partial charge on any atom is 0.258 e. The van der Waals surface area contributed by atoms with Gasteiger partial charge in [0.2, 0.25) is 11.8 Å². The number of anilines is 2. The van der Waals surface area contributed by atoms with Crippen molar-refractivity contribution in [2.75, 3.05) is 29.4 Å². The predicted octanol–water partition coefficient (Wildman–Crippen LogP) is 2.54. The summed E-state index contributed by atoms with van der Waals surface area (Å²) in [6, 6.07) is 11.0. The lowest BCUT2D eigenvalue weighted by atomic mass is 9.98. The quantitative estimate of drug-likeness (QED) is 0.722. The molecule has 0 aliphatic carbocycles. The Labute approximate surface area is 188 Å². The van der Waals surface area contributed by atoms with Crippen molar-refractivity contribution in [3.05, 3.63) is 53.7 Å². The molecule has 8 heteroatoms. The molecule has 0 bridgehead atoms. The molecule has 4 rings (SSSR count). The molecule has 1 unspecified atom stereocenters. The number of rotatable bonds is 7. The first-order chi connectivity index (χ1) is 15.4. The highest BCUT2D eigenvalue weighted by Gasteiger charge is 2.53. The number of para-hydroxylation sites is 1. The molecule has 1 aromatic heterocycles. The molecule has 3 heterocycles. The van der Waals surface area contributed by atoms with Crippen LogP contribution >= 0.6 is 0 Å². The molecule has 2 aliphatic rings. The van der Waals surface area contributed by atoms with E-state index >= 15 is 0 Å². The van der Waals surface area contributed by atoms with Crippen molar-refractivity contribution in [3.63, 3.8) is 0 Å². The van der Waals surface area contributed by atoms with E-state index in [-0.39, 0.29) is 24.3 Å². The average Bonchev–Trinajstić information content (AvgIpc) is 3.12. The van der Waals surface area contributed by atoms with Crippen molar-refractivity contribution >= 4 is 29.2 Å². The number of fused-ring (bicyclic) bond motifs is 3. The summed E-state index contributed by atoms with van der Waals surface area (Å²) in [5.74, 6) is 0.374. The first-order valence-electron chi connectivity index (χ1n) is 11.1. The normalized spacial score (nSPS) is 19.6. The van der Waals surface area contributed by atoms with Crippen LogP contribution in [0.25, 0.3) is 0 Å². The molecule has 8 nitrogen and oxygen atoms in total. The van der Waals surface area contributed by atoms with E-state index in [1.54, 1.807) is 29.3 Å². The highest BCUT2D eigenvalue weighted by atomic mass is 16.2. The average molecular weight is 436 g/mol. The van der Waals surface area contributed by atoms with Crippen molar-refractivity contribution in [1.82, 2.24) is 15.2 Å². The maximum absolute atomic E-state index is 13.2. The molecule has 1 fully saturated rings. The lowest BCUT2D eigenvalue weighted by Crippen LogP contribution is -2.63. The summed E-state index contributed by atoms with van der Waals surface area (Å²) in [5, 5.41) is 2.89. The summed E-state index contributed by atoms with van der Waals surface area (Å²) in [6.45, 7) is 7.99. The van der Waals surface area contributed by atoms with Gasteiger partial charge in [-0.3, -0.25) is 19.3 Å². The van der Waals surface area contributed by atoms with Gasteiger partial charge in [-0.25, -0.2) is 4.98 Å². The number of carbonyl (C=O) groups is 3. The first kappa shape index (κ1) is 21.8. The van der Waals surface area contributed by atoms with Crippen LogP contribution in [-0.4, -0.2) is 52.9 Å². The molecule has 0 spiro atoms. The second-order valence-electron chi connectivity index (χ2n) is 8.33. The molecule has 3 amide bonds. The molecule has 1 N–H and O–H groups in total. The van der Waals surface area contributed by atoms with Crippen LogP contribution in [-0.2, 0) is 16.1 Å². The fraction of sp³-hybridized carbons (Fsp3) is 0.417. The van der Waals surface area contributed by atoms with Crippen LogP contribution in [0.3, 0.4) is 0 Å². The van der Waals surface area contributed by atoms with Gasteiger partial charge in [-0.15, -0.1) is 0 Å². The van der Waals surface area contributed by atoms with Crippen LogP contribution in [0.15, 0.2) is 42.6 Å². The number of amides is 3. The predicted molar refractivity (Wildman–Crippen MR) is 122 cm³/mol. The molecule has 1 saturated heterocycles. The van der Waals surface area contributed by atoms with Crippen molar-refractivity contribution in [3.8, 4) is 0 Å². The fourth-order valence-corrected chi connectivity index (χ4v) is 4.60. The Bertz CT molecular complexity index is 1030. The van der Waals surface area contributed by atoms with E-state index < -0.39 is 5.66 Å². The summed E-state index contributed by atoms with van der Waals surface area (Å²) >= 11 is 0. The smallest absolute Gasteiger partial charge is 0.258 e. The number of carbonyl (C=O) groups excluding carboxylic acids is 3. The van der Waals surface area contributed by atoms with Gasteiger partial charge in [-0.2, -0.15) is 0 Å². The molecular weight excluding hydrogens is 406 g/mol. The van der Waals surface area contributed by atoms with E-state index in [2.05, 4.69) is 29.0 Å². The molecule has 1 atom stereocenters. The third-order valence-corrected chi connectivity index (χ3v) is 6.43. The van der Waals surface area contributed by atoms with E-state index in [9.17, 15) is 14.4 Å². The van der Waals surface area contributed by atoms with E-state index in [1.165, 1.54) is 4.90 Å². The van der Waals surface area contributed by atoms with Gasteiger partial charge < -0.3 is 15.1 Å². The van der Waals surface area contributed by atoms with Crippen molar-refractivity contribution in [1.29, 1.82) is 0 Å². The van der Waals surface area contributed by atoms with Gasteiger partial charge in [-0.05, 0) is 51.0 Å². The van der Waals surface area contributed by atoms with Crippen LogP contribution in [0.5, 0.6) is 0 Å². The monoisotopic (exact) mass is 435 g/mol. The number of hydrogen-bond donors (Lipinski definition) is 1. The first-order valence-corrected chi connectivity index (χ1v) is 11.1. The minimum Gasteiger partial charge on any atom is -0.357 e. The summed E-state index contributed by atoms with van der Waals surface area (Å²) in [4.78, 5) is 48.5. The Balaban J connectivity index is 1.46. The van der Waals surface area contributed by atoms with Gasteiger partial charge in [0.05, 0.1) is 11.3 Å². The second kappa shape index (κ2) is 8.61. The fourth-order valence-electron chi connectivity index (χ4n) is 4.60.